The molecule has 0 bridgehead atoms. The number of ether oxygens (including phenoxy) is 1. The van der Waals surface area contributed by atoms with Crippen LogP contribution in [0.1, 0.15) is 32.8 Å². The lowest BCUT2D eigenvalue weighted by Gasteiger charge is -2.22. The number of carboxylic acid groups (broad SMARTS) is 1. The molecule has 8 nitrogen and oxygen atoms in total. The molecular formula is C19H19N3O5. The van der Waals surface area contributed by atoms with Crippen molar-refractivity contribution in [3.63, 3.8) is 0 Å². The number of benzene rings is 2. The zero-order valence-electron chi connectivity index (χ0n) is 15.1. The van der Waals surface area contributed by atoms with Crippen molar-refractivity contribution in [1.82, 2.24) is 15.0 Å². The van der Waals surface area contributed by atoms with Crippen LogP contribution < -0.4 is 4.74 Å². The van der Waals surface area contributed by atoms with Gasteiger partial charge in [-0.25, -0.2) is 0 Å². The maximum Gasteiger partial charge on any atom is 0.322 e. The van der Waals surface area contributed by atoms with Gasteiger partial charge in [0.25, 0.3) is 0 Å². The molecule has 0 saturated heterocycles. The third-order valence-corrected chi connectivity index (χ3v) is 3.90. The van der Waals surface area contributed by atoms with E-state index in [2.05, 4.69) is 10.2 Å². The highest BCUT2D eigenvalue weighted by Crippen LogP contribution is 2.38. The van der Waals surface area contributed by atoms with Gasteiger partial charge in [-0.3, -0.25) is 9.59 Å². The van der Waals surface area contributed by atoms with E-state index >= 15 is 0 Å². The fraction of sp³-hybridized carbons (Fsp3) is 0.263. The molecule has 0 atom stereocenters. The van der Waals surface area contributed by atoms with Crippen LogP contribution in [0, 0.1) is 0 Å². The van der Waals surface area contributed by atoms with Gasteiger partial charge < -0.3 is 14.9 Å². The first kappa shape index (κ1) is 18.4. The summed E-state index contributed by atoms with van der Waals surface area (Å²) in [6.45, 7) is 5.67. The third kappa shape index (κ3) is 3.89. The Labute approximate surface area is 155 Å². The Morgan fingerprint density at radius 2 is 1.70 bits per heavy atom. The van der Waals surface area contributed by atoms with Gasteiger partial charge in [0, 0.05) is 11.6 Å². The predicted molar refractivity (Wildman–Crippen MR) is 97.1 cm³/mol. The topological polar surface area (TPSA) is 115 Å². The molecule has 0 spiro atoms. The number of carbonyl (C=O) groups is 2. The minimum absolute atomic E-state index is 0.0409. The molecule has 140 valence electrons. The van der Waals surface area contributed by atoms with Crippen LogP contribution in [0.5, 0.6) is 11.5 Å². The number of nitrogens with zero attached hydrogens (tertiary/aromatic N) is 3. The lowest BCUT2D eigenvalue weighted by Crippen LogP contribution is -2.16. The van der Waals surface area contributed by atoms with Crippen molar-refractivity contribution >= 4 is 23.0 Å². The highest BCUT2D eigenvalue weighted by atomic mass is 16.5. The smallest absolute Gasteiger partial charge is 0.322 e. The summed E-state index contributed by atoms with van der Waals surface area (Å²) in [5.74, 6) is -2.12. The first-order valence-corrected chi connectivity index (χ1v) is 8.27. The number of phenolic OH excluding ortho intramolecular Hbond substituents is 1. The monoisotopic (exact) mass is 369 g/mol. The summed E-state index contributed by atoms with van der Waals surface area (Å²) in [5.41, 5.74) is 1.56. The second-order valence-electron chi connectivity index (χ2n) is 7.11. The Hall–Kier alpha value is -3.42. The second kappa shape index (κ2) is 6.71. The number of carbonyl (C=O) groups excluding carboxylic acids is 1. The SMILES string of the molecule is CC(C)(C)c1cc(OC(=O)CC(=O)O)cc(-n2nc3ccccc3n2)c1O. The van der Waals surface area contributed by atoms with Crippen LogP contribution in [-0.2, 0) is 15.0 Å². The number of aliphatic carboxylic acids is 1. The van der Waals surface area contributed by atoms with Crippen LogP contribution in [-0.4, -0.2) is 37.1 Å². The minimum Gasteiger partial charge on any atom is -0.505 e. The summed E-state index contributed by atoms with van der Waals surface area (Å²) in [4.78, 5) is 23.7. The number of hydrogen-bond donors (Lipinski definition) is 2. The van der Waals surface area contributed by atoms with E-state index in [9.17, 15) is 14.7 Å². The molecule has 1 aromatic heterocycles. The number of phenols is 1. The first-order valence-electron chi connectivity index (χ1n) is 8.27. The van der Waals surface area contributed by atoms with Gasteiger partial charge in [-0.15, -0.1) is 15.0 Å². The van der Waals surface area contributed by atoms with Crippen LogP contribution >= 0.6 is 0 Å². The molecule has 0 fully saturated rings. The van der Waals surface area contributed by atoms with Crippen LogP contribution in [0.15, 0.2) is 36.4 Å². The maximum atomic E-state index is 11.8. The molecule has 3 aromatic rings. The van der Waals surface area contributed by atoms with Crippen LogP contribution in [0.25, 0.3) is 16.7 Å². The van der Waals surface area contributed by atoms with E-state index in [-0.39, 0.29) is 17.2 Å². The summed E-state index contributed by atoms with van der Waals surface area (Å²) >= 11 is 0. The summed E-state index contributed by atoms with van der Waals surface area (Å²) in [6, 6.07) is 10.2. The normalized spacial score (nSPS) is 11.5. The summed E-state index contributed by atoms with van der Waals surface area (Å²) in [7, 11) is 0. The van der Waals surface area contributed by atoms with Crippen molar-refractivity contribution in [3.05, 3.63) is 42.0 Å². The number of aromatic hydroxyl groups is 1. The van der Waals surface area contributed by atoms with E-state index in [1.165, 1.54) is 16.9 Å². The number of aromatic nitrogens is 3. The molecule has 27 heavy (non-hydrogen) atoms. The molecule has 0 saturated carbocycles. The van der Waals surface area contributed by atoms with Gasteiger partial charge in [0.1, 0.15) is 34.6 Å². The van der Waals surface area contributed by atoms with E-state index in [0.717, 1.165) is 0 Å². The summed E-state index contributed by atoms with van der Waals surface area (Å²) in [6.07, 6.45) is -0.759. The van der Waals surface area contributed by atoms with Crippen LogP contribution in [0.3, 0.4) is 0 Å². The highest BCUT2D eigenvalue weighted by Gasteiger charge is 2.24. The molecule has 3 rings (SSSR count). The molecule has 0 radical (unpaired) electrons. The van der Waals surface area contributed by atoms with E-state index in [1.54, 1.807) is 12.1 Å². The number of carboxylic acids is 1. The number of esters is 1. The van der Waals surface area contributed by atoms with Gasteiger partial charge in [-0.2, -0.15) is 0 Å². The Morgan fingerprint density at radius 3 is 2.22 bits per heavy atom. The highest BCUT2D eigenvalue weighted by molar-refractivity contribution is 5.91. The lowest BCUT2D eigenvalue weighted by atomic mass is 9.86. The van der Waals surface area contributed by atoms with Gasteiger partial charge in [0.15, 0.2) is 0 Å². The van der Waals surface area contributed by atoms with Gasteiger partial charge in [0.05, 0.1) is 0 Å². The molecule has 2 aromatic carbocycles. The summed E-state index contributed by atoms with van der Waals surface area (Å²) in [5, 5.41) is 28.2. The van der Waals surface area contributed by atoms with Gasteiger partial charge >= 0.3 is 11.9 Å². The Balaban J connectivity index is 2.12. The second-order valence-corrected chi connectivity index (χ2v) is 7.11. The van der Waals surface area contributed by atoms with Crippen molar-refractivity contribution in [2.75, 3.05) is 0 Å². The summed E-state index contributed by atoms with van der Waals surface area (Å²) < 4.78 is 5.15. The fourth-order valence-corrected chi connectivity index (χ4v) is 2.63. The van der Waals surface area contributed by atoms with Crippen molar-refractivity contribution < 1.29 is 24.5 Å². The van der Waals surface area contributed by atoms with E-state index < -0.39 is 23.8 Å². The molecule has 0 amide bonds. The van der Waals surface area contributed by atoms with Crippen molar-refractivity contribution in [1.29, 1.82) is 0 Å². The largest absolute Gasteiger partial charge is 0.505 e. The minimum atomic E-state index is -1.28. The Bertz CT molecular complexity index is 1000. The molecule has 8 heteroatoms. The fourth-order valence-electron chi connectivity index (χ4n) is 2.63. The van der Waals surface area contributed by atoms with Crippen LogP contribution in [0.2, 0.25) is 0 Å². The predicted octanol–water partition coefficient (Wildman–Crippen LogP) is 2.80. The van der Waals surface area contributed by atoms with Gasteiger partial charge in [-0.1, -0.05) is 32.9 Å². The van der Waals surface area contributed by atoms with E-state index in [1.807, 2.05) is 32.9 Å². The maximum absolute atomic E-state index is 11.8. The van der Waals surface area contributed by atoms with E-state index in [4.69, 9.17) is 9.84 Å². The molecule has 0 aliphatic heterocycles. The zero-order valence-corrected chi connectivity index (χ0v) is 15.1. The number of fused-ring (bicyclic) bond motifs is 1. The molecule has 1 heterocycles. The molecule has 2 N–H and O–H groups in total. The zero-order chi connectivity index (χ0) is 19.8. The van der Waals surface area contributed by atoms with Gasteiger partial charge in [0.2, 0.25) is 0 Å². The van der Waals surface area contributed by atoms with Gasteiger partial charge in [-0.05, 0) is 23.6 Å². The van der Waals surface area contributed by atoms with Crippen LogP contribution in [0.4, 0.5) is 0 Å². The average Bonchev–Trinajstić information content (AvgIpc) is 2.98. The Morgan fingerprint density at radius 1 is 1.11 bits per heavy atom. The van der Waals surface area contributed by atoms with Crippen molar-refractivity contribution in [2.24, 2.45) is 0 Å². The number of rotatable bonds is 4. The van der Waals surface area contributed by atoms with Crippen molar-refractivity contribution in [3.8, 4) is 17.2 Å². The van der Waals surface area contributed by atoms with Crippen molar-refractivity contribution in [2.45, 2.75) is 32.6 Å². The first-order chi connectivity index (χ1) is 12.6. The third-order valence-electron chi connectivity index (χ3n) is 3.90. The average molecular weight is 369 g/mol. The standard InChI is InChI=1S/C19H19N3O5/c1-19(2,3)12-8-11(27-17(25)10-16(23)24)9-15(18(12)26)22-20-13-6-4-5-7-14(13)21-22/h4-9,26H,10H2,1-3H3,(H,23,24). The molecule has 0 aliphatic carbocycles. The number of hydrogen-bond acceptors (Lipinski definition) is 6. The lowest BCUT2D eigenvalue weighted by molar-refractivity contribution is -0.145. The quantitative estimate of drug-likeness (QED) is 0.413. The Kier molecular flexibility index (Phi) is 4.57. The molecule has 0 unspecified atom stereocenters. The molecule has 0 aliphatic rings. The van der Waals surface area contributed by atoms with E-state index in [0.29, 0.717) is 16.6 Å². The molecular weight excluding hydrogens is 350 g/mol.